The van der Waals surface area contributed by atoms with Gasteiger partial charge in [-0.1, -0.05) is 80.4 Å². The lowest BCUT2D eigenvalue weighted by molar-refractivity contribution is -0.145. The van der Waals surface area contributed by atoms with Crippen molar-refractivity contribution in [2.24, 2.45) is 28.1 Å². The second-order valence-corrected chi connectivity index (χ2v) is 17.7. The van der Waals surface area contributed by atoms with E-state index in [0.717, 1.165) is 25.7 Å². The molecule has 5 atom stereocenters. The van der Waals surface area contributed by atoms with E-state index < -0.39 is 52.6 Å². The first-order valence-electron chi connectivity index (χ1n) is 18.5. The van der Waals surface area contributed by atoms with Gasteiger partial charge in [-0.2, -0.15) is 0 Å². The standard InChI is InChI=1S/C38H64N6O6S/c1-11-18-38(9,10)26-17-21-44(29(26)32(46)41-27(23-25-15-16-25)30(45)33(47)40-19-12-2)34(48)31(37(6,7)8)43-35(49)42-28(36(3,4)5)24-39-20-13-14-22-51-50/h11-12,25-29,31,39H,1-2,13-24H2,3-10H3,(H3-,40,41,42,43,46,47,49)/p+1/t26-,27?,28+,29-,31+/m0/s1. The van der Waals surface area contributed by atoms with Crippen molar-refractivity contribution >= 4 is 41.2 Å². The number of likely N-dealkylation sites (tertiary alicyclic amines) is 1. The summed E-state index contributed by atoms with van der Waals surface area (Å²) in [6, 6.07) is -3.68. The molecule has 1 heterocycles. The molecule has 1 saturated heterocycles. The van der Waals surface area contributed by atoms with Crippen LogP contribution in [-0.4, -0.2) is 90.5 Å². The van der Waals surface area contributed by atoms with Crippen LogP contribution in [0.1, 0.15) is 100 Å². The third kappa shape index (κ3) is 13.7. The molecule has 288 valence electrons. The van der Waals surface area contributed by atoms with Crippen LogP contribution in [0.5, 0.6) is 0 Å². The maximum Gasteiger partial charge on any atom is 0.458 e. The normalized spacial score (nSPS) is 19.6. The molecule has 5 N–H and O–H groups in total. The summed E-state index contributed by atoms with van der Waals surface area (Å²) in [6.07, 6.45) is 8.29. The maximum atomic E-state index is 14.6. The quantitative estimate of drug-likeness (QED) is 0.0517. The van der Waals surface area contributed by atoms with Gasteiger partial charge in [0.25, 0.3) is 5.91 Å². The number of hydrogen-bond donors (Lipinski definition) is 5. The third-order valence-electron chi connectivity index (χ3n) is 10.1. The van der Waals surface area contributed by atoms with Crippen molar-refractivity contribution in [2.75, 3.05) is 31.9 Å². The Hall–Kier alpha value is -3.19. The number of carbonyl (C=O) groups excluding carboxylic acids is 5. The van der Waals surface area contributed by atoms with E-state index in [9.17, 15) is 28.2 Å². The SMILES string of the molecule is C=CCNC(=O)C(=O)C(CC1CC1)NC(=O)[C@@H]1[C@@H](C(C)(C)CC=C)CCN1C(=O)[C@@H](NC(=O)N[C@H](CNCCCC[S+]=O)C(C)(C)C)C(C)(C)C. The highest BCUT2D eigenvalue weighted by Gasteiger charge is 2.51. The van der Waals surface area contributed by atoms with E-state index in [-0.39, 0.29) is 35.7 Å². The summed E-state index contributed by atoms with van der Waals surface area (Å²) in [4.78, 5) is 70.1. The Bertz CT molecular complexity index is 1250. The number of hydrogen-bond acceptors (Lipinski definition) is 7. The predicted molar refractivity (Wildman–Crippen MR) is 203 cm³/mol. The van der Waals surface area contributed by atoms with Crippen LogP contribution in [0.15, 0.2) is 25.3 Å². The van der Waals surface area contributed by atoms with Gasteiger partial charge in [0.2, 0.25) is 23.4 Å². The first-order chi connectivity index (χ1) is 23.8. The lowest BCUT2D eigenvalue weighted by atomic mass is 9.72. The van der Waals surface area contributed by atoms with Crippen molar-refractivity contribution in [1.82, 2.24) is 31.5 Å². The highest BCUT2D eigenvalue weighted by molar-refractivity contribution is 7.65. The fourth-order valence-corrected chi connectivity index (χ4v) is 6.99. The molecule has 1 unspecified atom stereocenters. The molecule has 1 saturated carbocycles. The lowest BCUT2D eigenvalue weighted by Crippen LogP contribution is -2.62. The summed E-state index contributed by atoms with van der Waals surface area (Å²) in [7, 11) is 0. The van der Waals surface area contributed by atoms with Crippen LogP contribution >= 0.6 is 0 Å². The van der Waals surface area contributed by atoms with E-state index in [1.165, 1.54) is 6.08 Å². The molecule has 0 aromatic carbocycles. The molecule has 0 bridgehead atoms. The molecule has 1 aliphatic heterocycles. The number of carbonyl (C=O) groups is 5. The van der Waals surface area contributed by atoms with Gasteiger partial charge in [-0.05, 0) is 60.3 Å². The van der Waals surface area contributed by atoms with Crippen molar-refractivity contribution in [2.45, 2.75) is 125 Å². The summed E-state index contributed by atoms with van der Waals surface area (Å²) in [5.74, 6) is -1.84. The zero-order chi connectivity index (χ0) is 38.6. The molecule has 2 rings (SSSR count). The Morgan fingerprint density at radius 1 is 0.882 bits per heavy atom. The maximum absolute atomic E-state index is 14.6. The van der Waals surface area contributed by atoms with E-state index in [0.29, 0.717) is 56.3 Å². The number of allylic oxidation sites excluding steroid dienone is 1. The van der Waals surface area contributed by atoms with Gasteiger partial charge in [-0.3, -0.25) is 19.2 Å². The molecule has 0 spiro atoms. The van der Waals surface area contributed by atoms with E-state index >= 15 is 0 Å². The molecule has 12 nitrogen and oxygen atoms in total. The molecule has 0 radical (unpaired) electrons. The number of nitrogens with one attached hydrogen (secondary N) is 5. The van der Waals surface area contributed by atoms with Gasteiger partial charge in [0.15, 0.2) is 0 Å². The monoisotopic (exact) mass is 733 g/mol. The molecule has 13 heteroatoms. The van der Waals surface area contributed by atoms with Crippen molar-refractivity contribution in [3.63, 3.8) is 0 Å². The summed E-state index contributed by atoms with van der Waals surface area (Å²) in [5.41, 5.74) is -1.43. The Morgan fingerprint density at radius 2 is 1.55 bits per heavy atom. The van der Waals surface area contributed by atoms with E-state index in [1.54, 1.807) is 11.0 Å². The van der Waals surface area contributed by atoms with Crippen LogP contribution in [0.2, 0.25) is 0 Å². The Balaban J connectivity index is 2.36. The van der Waals surface area contributed by atoms with Gasteiger partial charge >= 0.3 is 17.7 Å². The van der Waals surface area contributed by atoms with Crippen LogP contribution in [0.4, 0.5) is 4.79 Å². The van der Waals surface area contributed by atoms with E-state index in [2.05, 4.69) is 39.7 Å². The van der Waals surface area contributed by atoms with E-state index in [1.807, 2.05) is 55.4 Å². The number of nitrogens with zero attached hydrogens (tertiary/aromatic N) is 1. The first-order valence-corrected chi connectivity index (χ1v) is 19.4. The molecular weight excluding hydrogens is 669 g/mol. The topological polar surface area (TPSA) is 166 Å². The number of amides is 5. The molecule has 0 aromatic heterocycles. The van der Waals surface area contributed by atoms with Gasteiger partial charge < -0.3 is 31.5 Å². The minimum Gasteiger partial charge on any atom is -0.346 e. The van der Waals surface area contributed by atoms with E-state index in [4.69, 9.17) is 0 Å². The number of ketones is 1. The van der Waals surface area contributed by atoms with Crippen LogP contribution in [0.25, 0.3) is 0 Å². The largest absolute Gasteiger partial charge is 0.458 e. The van der Waals surface area contributed by atoms with Gasteiger partial charge in [-0.25, -0.2) is 4.79 Å². The van der Waals surface area contributed by atoms with Crippen molar-refractivity contribution in [3.8, 4) is 0 Å². The van der Waals surface area contributed by atoms with Gasteiger partial charge in [-0.15, -0.1) is 13.2 Å². The Kier molecular flexibility index (Phi) is 16.9. The average molecular weight is 734 g/mol. The van der Waals surface area contributed by atoms with Gasteiger partial charge in [0, 0.05) is 36.3 Å². The van der Waals surface area contributed by atoms with Crippen molar-refractivity contribution in [1.29, 1.82) is 0 Å². The number of urea groups is 1. The summed E-state index contributed by atoms with van der Waals surface area (Å²) in [6.45, 7) is 24.9. The molecule has 5 amide bonds. The zero-order valence-corrected chi connectivity index (χ0v) is 33.1. The highest BCUT2D eigenvalue weighted by Crippen LogP contribution is 2.43. The summed E-state index contributed by atoms with van der Waals surface area (Å²) >= 11 is 0.582. The fourth-order valence-electron chi connectivity index (χ4n) is 6.67. The molecule has 51 heavy (non-hydrogen) atoms. The van der Waals surface area contributed by atoms with Crippen LogP contribution in [-0.2, 0) is 35.1 Å². The number of rotatable bonds is 21. The molecule has 0 aromatic rings. The van der Waals surface area contributed by atoms with Crippen LogP contribution in [0, 0.1) is 28.1 Å². The number of unbranched alkanes of at least 4 members (excludes halogenated alkanes) is 1. The van der Waals surface area contributed by atoms with Gasteiger partial charge in [0.05, 0.1) is 6.04 Å². The smallest absolute Gasteiger partial charge is 0.346 e. The van der Waals surface area contributed by atoms with Crippen LogP contribution < -0.4 is 26.6 Å². The van der Waals surface area contributed by atoms with Crippen LogP contribution in [0.3, 0.4) is 0 Å². The average Bonchev–Trinajstić information content (AvgIpc) is 3.73. The molecule has 2 fully saturated rings. The zero-order valence-electron chi connectivity index (χ0n) is 32.3. The minimum atomic E-state index is -1.02. The molecule has 1 aliphatic carbocycles. The van der Waals surface area contributed by atoms with Gasteiger partial charge in [0.1, 0.15) is 12.1 Å². The minimum absolute atomic E-state index is 0.127. The first kappa shape index (κ1) is 44.0. The highest BCUT2D eigenvalue weighted by atomic mass is 32.1. The Morgan fingerprint density at radius 3 is 2.10 bits per heavy atom. The lowest BCUT2D eigenvalue weighted by Gasteiger charge is -2.40. The second-order valence-electron chi connectivity index (χ2n) is 17.0. The van der Waals surface area contributed by atoms with Crippen molar-refractivity contribution in [3.05, 3.63) is 25.3 Å². The number of Topliss-reactive ketones (excluding diaryl/α,β-unsaturated/α-hetero) is 1. The summed E-state index contributed by atoms with van der Waals surface area (Å²) in [5, 5.41) is 14.8. The molecular formula is C38H65N6O6S+. The summed E-state index contributed by atoms with van der Waals surface area (Å²) < 4.78 is 10.7. The van der Waals surface area contributed by atoms with Crippen molar-refractivity contribution < 1.29 is 28.2 Å². The third-order valence-corrected chi connectivity index (χ3v) is 10.5. The fraction of sp³-hybridized carbons (Fsp3) is 0.763. The predicted octanol–water partition coefficient (Wildman–Crippen LogP) is 3.89. The second kappa shape index (κ2) is 19.6. The Labute approximate surface area is 310 Å². The molecule has 2 aliphatic rings.